The maximum absolute atomic E-state index is 12.7. The van der Waals surface area contributed by atoms with Crippen LogP contribution in [-0.2, 0) is 31.8 Å². The average Bonchev–Trinajstić information content (AvgIpc) is 3.02. The average molecular weight is 687 g/mol. The molecule has 3 rings (SSSR count). The Labute approximate surface area is 289 Å². The fourth-order valence-electron chi connectivity index (χ4n) is 5.04. The molecule has 13 heteroatoms. The van der Waals surface area contributed by atoms with E-state index in [0.717, 1.165) is 11.1 Å². The Morgan fingerprint density at radius 3 is 1.69 bits per heavy atom. The predicted octanol–water partition coefficient (Wildman–Crippen LogP) is 2.81. The summed E-state index contributed by atoms with van der Waals surface area (Å²) in [6.07, 6.45) is -2.81. The molecule has 0 saturated carbocycles. The number of morpholine rings is 1. The van der Waals surface area contributed by atoms with E-state index in [2.05, 4.69) is 16.0 Å². The predicted molar refractivity (Wildman–Crippen MR) is 184 cm³/mol. The number of hydrogen-bond acceptors (Lipinski definition) is 10. The van der Waals surface area contributed by atoms with Gasteiger partial charge in [0.15, 0.2) is 6.61 Å². The highest BCUT2D eigenvalue weighted by Gasteiger charge is 2.28. The Balaban J connectivity index is 1.61. The number of carbonyl (C=O) groups is 3. The van der Waals surface area contributed by atoms with Crippen LogP contribution in [0.3, 0.4) is 0 Å². The van der Waals surface area contributed by atoms with Gasteiger partial charge in [0.2, 0.25) is 0 Å². The van der Waals surface area contributed by atoms with E-state index in [4.69, 9.17) is 18.9 Å². The van der Waals surface area contributed by atoms with Crippen molar-refractivity contribution in [2.45, 2.75) is 89.9 Å². The van der Waals surface area contributed by atoms with Crippen LogP contribution in [0.5, 0.6) is 5.75 Å². The van der Waals surface area contributed by atoms with Gasteiger partial charge in [-0.15, -0.1) is 0 Å². The summed E-state index contributed by atoms with van der Waals surface area (Å²) in [5.74, 6) is 0.407. The first-order valence-corrected chi connectivity index (χ1v) is 16.7. The van der Waals surface area contributed by atoms with Gasteiger partial charge in [-0.3, -0.25) is 4.79 Å². The monoisotopic (exact) mass is 686 g/mol. The molecule has 1 aliphatic rings. The quantitative estimate of drug-likeness (QED) is 0.188. The topological polar surface area (TPSA) is 168 Å². The second kappa shape index (κ2) is 18.7. The van der Waals surface area contributed by atoms with Crippen molar-refractivity contribution < 1.29 is 43.5 Å². The van der Waals surface area contributed by atoms with E-state index in [9.17, 15) is 24.6 Å². The number of hydrogen-bond donors (Lipinski definition) is 5. The third-order valence-electron chi connectivity index (χ3n) is 7.44. The van der Waals surface area contributed by atoms with E-state index < -0.39 is 47.7 Å². The maximum Gasteiger partial charge on any atom is 0.407 e. The number of nitrogens with zero attached hydrogens (tertiary/aromatic N) is 1. The molecule has 4 atom stereocenters. The fraction of sp³-hybridized carbons (Fsp3) is 0.583. The molecule has 49 heavy (non-hydrogen) atoms. The Morgan fingerprint density at radius 2 is 1.22 bits per heavy atom. The van der Waals surface area contributed by atoms with Crippen molar-refractivity contribution in [3.63, 3.8) is 0 Å². The summed E-state index contributed by atoms with van der Waals surface area (Å²) in [7, 11) is 0. The van der Waals surface area contributed by atoms with E-state index in [1.807, 2.05) is 30.3 Å². The van der Waals surface area contributed by atoms with Crippen LogP contribution in [-0.4, -0.2) is 115 Å². The number of carbonyl (C=O) groups excluding carboxylic acids is 3. The third-order valence-corrected chi connectivity index (χ3v) is 7.44. The van der Waals surface area contributed by atoms with Crippen LogP contribution in [0.4, 0.5) is 9.59 Å². The fourth-order valence-corrected chi connectivity index (χ4v) is 5.04. The third kappa shape index (κ3) is 15.5. The molecule has 272 valence electrons. The SMILES string of the molecule is CC(C)(C)OC(=O)N[C@@H](Cc1ccccc1)[C@H](O)CNC[C@@H](O)[C@H](Cc1ccc(OCC(=O)N2CCOCC2)cc1)NC(=O)OC(C)(C)C. The lowest BCUT2D eigenvalue weighted by Crippen LogP contribution is -2.53. The minimum absolute atomic E-state index is 0.0207. The second-order valence-corrected chi connectivity index (χ2v) is 14.1. The number of nitrogens with one attached hydrogen (secondary N) is 3. The molecule has 0 aliphatic carbocycles. The molecule has 1 saturated heterocycles. The Morgan fingerprint density at radius 1 is 0.755 bits per heavy atom. The van der Waals surface area contributed by atoms with Crippen LogP contribution in [0, 0.1) is 0 Å². The highest BCUT2D eigenvalue weighted by atomic mass is 16.6. The van der Waals surface area contributed by atoms with Gasteiger partial charge in [0, 0.05) is 26.2 Å². The maximum atomic E-state index is 12.7. The number of alkyl carbamates (subject to hydrolysis) is 2. The van der Waals surface area contributed by atoms with Gasteiger partial charge in [0.05, 0.1) is 37.5 Å². The van der Waals surface area contributed by atoms with Gasteiger partial charge in [-0.2, -0.15) is 0 Å². The normalized spacial score (nSPS) is 16.1. The van der Waals surface area contributed by atoms with Crippen molar-refractivity contribution in [1.29, 1.82) is 0 Å². The molecule has 1 fully saturated rings. The van der Waals surface area contributed by atoms with Crippen LogP contribution in [0.25, 0.3) is 0 Å². The number of amides is 3. The van der Waals surface area contributed by atoms with E-state index in [1.54, 1.807) is 70.7 Å². The van der Waals surface area contributed by atoms with Crippen molar-refractivity contribution in [2.75, 3.05) is 46.0 Å². The van der Waals surface area contributed by atoms with Crippen LogP contribution >= 0.6 is 0 Å². The lowest BCUT2D eigenvalue weighted by molar-refractivity contribution is -0.137. The van der Waals surface area contributed by atoms with Gasteiger partial charge in [0.25, 0.3) is 5.91 Å². The minimum Gasteiger partial charge on any atom is -0.484 e. The molecular formula is C36H54N4O9. The lowest BCUT2D eigenvalue weighted by atomic mass is 10.00. The van der Waals surface area contributed by atoms with E-state index in [1.165, 1.54) is 0 Å². The second-order valence-electron chi connectivity index (χ2n) is 14.1. The molecule has 0 spiro atoms. The van der Waals surface area contributed by atoms with E-state index >= 15 is 0 Å². The molecule has 13 nitrogen and oxygen atoms in total. The zero-order valence-corrected chi connectivity index (χ0v) is 29.6. The van der Waals surface area contributed by atoms with Gasteiger partial charge in [-0.1, -0.05) is 42.5 Å². The number of benzene rings is 2. The van der Waals surface area contributed by atoms with Crippen LogP contribution in [0.15, 0.2) is 54.6 Å². The Kier molecular flexibility index (Phi) is 15.1. The molecule has 3 amide bonds. The largest absolute Gasteiger partial charge is 0.484 e. The van der Waals surface area contributed by atoms with Gasteiger partial charge in [0.1, 0.15) is 17.0 Å². The lowest BCUT2D eigenvalue weighted by Gasteiger charge is -2.29. The summed E-state index contributed by atoms with van der Waals surface area (Å²) in [5.41, 5.74) is 0.273. The van der Waals surface area contributed by atoms with Gasteiger partial charge in [-0.05, 0) is 77.6 Å². The smallest absolute Gasteiger partial charge is 0.407 e. The molecule has 1 aliphatic heterocycles. The number of ether oxygens (including phenoxy) is 4. The number of aliphatic hydroxyl groups is 2. The van der Waals surface area contributed by atoms with Crippen LogP contribution in [0.1, 0.15) is 52.7 Å². The molecular weight excluding hydrogens is 632 g/mol. The van der Waals surface area contributed by atoms with Crippen LogP contribution < -0.4 is 20.7 Å². The van der Waals surface area contributed by atoms with Gasteiger partial charge >= 0.3 is 12.2 Å². The Bertz CT molecular complexity index is 1310. The first-order valence-electron chi connectivity index (χ1n) is 16.7. The molecule has 0 radical (unpaired) electrons. The van der Waals surface area contributed by atoms with Crippen molar-refractivity contribution in [3.8, 4) is 5.75 Å². The first kappa shape index (κ1) is 39.5. The van der Waals surface area contributed by atoms with Crippen molar-refractivity contribution in [2.24, 2.45) is 0 Å². The first-order chi connectivity index (χ1) is 23.1. The van der Waals surface area contributed by atoms with Crippen molar-refractivity contribution >= 4 is 18.1 Å². The molecule has 2 aromatic rings. The summed E-state index contributed by atoms with van der Waals surface area (Å²) in [4.78, 5) is 39.4. The van der Waals surface area contributed by atoms with Crippen LogP contribution in [0.2, 0.25) is 0 Å². The van der Waals surface area contributed by atoms with E-state index in [-0.39, 0.29) is 32.0 Å². The van der Waals surface area contributed by atoms with E-state index in [0.29, 0.717) is 38.5 Å². The number of rotatable bonds is 15. The van der Waals surface area contributed by atoms with Crippen molar-refractivity contribution in [3.05, 3.63) is 65.7 Å². The zero-order valence-electron chi connectivity index (χ0n) is 29.6. The summed E-state index contributed by atoms with van der Waals surface area (Å²) >= 11 is 0. The summed E-state index contributed by atoms with van der Waals surface area (Å²) in [5, 5.41) is 31.0. The molecule has 1 heterocycles. The molecule has 0 unspecified atom stereocenters. The standard InChI is InChI=1S/C36H54N4O9/c1-35(2,3)48-33(44)38-28(20-25-10-8-7-9-11-25)30(41)22-37-23-31(42)29(39-34(45)49-36(4,5)6)21-26-12-14-27(15-13-26)47-24-32(43)40-16-18-46-19-17-40/h7-15,28-31,37,41-42H,16-24H2,1-6H3,(H,38,44)(H,39,45)/t28-,29-,30+,31+/m0/s1. The molecule has 5 N–H and O–H groups in total. The summed E-state index contributed by atoms with van der Waals surface area (Å²) < 4.78 is 21.8. The number of aliphatic hydroxyl groups excluding tert-OH is 2. The highest BCUT2D eigenvalue weighted by Crippen LogP contribution is 2.16. The molecule has 2 aromatic carbocycles. The molecule has 0 bridgehead atoms. The highest BCUT2D eigenvalue weighted by molar-refractivity contribution is 5.77. The summed E-state index contributed by atoms with van der Waals surface area (Å²) in [6, 6.07) is 15.1. The van der Waals surface area contributed by atoms with Gasteiger partial charge < -0.3 is 50.0 Å². The van der Waals surface area contributed by atoms with Crippen molar-refractivity contribution in [1.82, 2.24) is 20.9 Å². The zero-order chi connectivity index (χ0) is 36.0. The molecule has 0 aromatic heterocycles. The van der Waals surface area contributed by atoms with Gasteiger partial charge in [-0.25, -0.2) is 9.59 Å². The summed E-state index contributed by atoms with van der Waals surface area (Å²) in [6.45, 7) is 12.6. The Hall–Kier alpha value is -3.91. The minimum atomic E-state index is -1.08.